The molecule has 0 bridgehead atoms. The maximum Gasteiger partial charge on any atom is 0.0920 e. The molecular weight excluding hydrogens is 512 g/mol. The van der Waals surface area contributed by atoms with Crippen molar-refractivity contribution in [2.24, 2.45) is 29.1 Å². The van der Waals surface area contributed by atoms with Crippen LogP contribution in [0.3, 0.4) is 0 Å². The molecule has 0 aromatic heterocycles. The van der Waals surface area contributed by atoms with Crippen molar-refractivity contribution in [3.63, 3.8) is 0 Å². The fourth-order valence-corrected chi connectivity index (χ4v) is 8.69. The molecule has 0 aromatic rings. The van der Waals surface area contributed by atoms with Crippen molar-refractivity contribution in [2.45, 2.75) is 142 Å². The summed E-state index contributed by atoms with van der Waals surface area (Å²) in [6, 6.07) is 1.22. The van der Waals surface area contributed by atoms with E-state index in [2.05, 4.69) is 74.2 Å². The summed E-state index contributed by atoms with van der Waals surface area (Å²) in [5.74, 6) is 6.36. The molecule has 4 rings (SSSR count). The largest absolute Gasteiger partial charge is 0.385 e. The van der Waals surface area contributed by atoms with Crippen molar-refractivity contribution in [1.82, 2.24) is 20.9 Å². The van der Waals surface area contributed by atoms with Gasteiger partial charge in [-0.15, -0.1) is 18.9 Å². The molecule has 4 nitrogen and oxygen atoms in total. The van der Waals surface area contributed by atoms with E-state index in [1.54, 1.807) is 0 Å². The molecule has 3 N–H and O–H groups in total. The minimum absolute atomic E-state index is 0.188. The van der Waals surface area contributed by atoms with Crippen LogP contribution >= 0.6 is 0 Å². The quantitative estimate of drug-likeness (QED) is 0.128. The second kappa shape index (κ2) is 14.5. The highest BCUT2D eigenvalue weighted by Gasteiger charge is 2.67. The van der Waals surface area contributed by atoms with Crippen LogP contribution in [0.1, 0.15) is 118 Å². The number of likely N-dealkylation sites (tertiary alicyclic amines) is 1. The molecule has 1 saturated heterocycles. The molecule has 0 spiro atoms. The van der Waals surface area contributed by atoms with Crippen LogP contribution in [-0.2, 0) is 0 Å². The molecule has 1 heterocycles. The first kappa shape index (κ1) is 32.6. The number of nitrogens with one attached hydrogen (secondary N) is 3. The third-order valence-electron chi connectivity index (χ3n) is 11.4. The van der Waals surface area contributed by atoms with Crippen LogP contribution in [0, 0.1) is 41.4 Å². The summed E-state index contributed by atoms with van der Waals surface area (Å²) in [5.41, 5.74) is 3.99. The van der Waals surface area contributed by atoms with Gasteiger partial charge in [-0.2, -0.15) is 0 Å². The standard InChI is InChI=1S/C38H62N4/c1-10-11-18-27(4)39-28(5)37-35-33(38(35,8)9)25-42(37)29(6)36(32-21-16-13-17-22-32)41-30(7)40-34(24-23-26(2)3)31-19-14-12-15-20-31/h1,27,31-37,39-41H,2,5-7,11-25H2,3-4,8-9H3/t27?,33-,34?,35-,36?,37?/m0/s1. The van der Waals surface area contributed by atoms with Gasteiger partial charge in [-0.3, -0.25) is 0 Å². The van der Waals surface area contributed by atoms with Crippen LogP contribution in [0.25, 0.3) is 0 Å². The predicted molar refractivity (Wildman–Crippen MR) is 180 cm³/mol. The summed E-state index contributed by atoms with van der Waals surface area (Å²) in [7, 11) is 0. The van der Waals surface area contributed by atoms with Crippen molar-refractivity contribution >= 4 is 0 Å². The fraction of sp³-hybridized carbons (Fsp3) is 0.737. The van der Waals surface area contributed by atoms with Gasteiger partial charge in [0.05, 0.1) is 17.9 Å². The Hall–Kier alpha value is -2.28. The average molecular weight is 575 g/mol. The van der Waals surface area contributed by atoms with Crippen LogP contribution in [0.15, 0.2) is 49.1 Å². The highest BCUT2D eigenvalue weighted by atomic mass is 15.3. The Labute approximate surface area is 259 Å². The van der Waals surface area contributed by atoms with Gasteiger partial charge in [-0.1, -0.05) is 77.7 Å². The predicted octanol–water partition coefficient (Wildman–Crippen LogP) is 8.27. The van der Waals surface area contributed by atoms with Gasteiger partial charge < -0.3 is 20.9 Å². The van der Waals surface area contributed by atoms with Crippen LogP contribution in [0.2, 0.25) is 0 Å². The van der Waals surface area contributed by atoms with E-state index in [1.165, 1.54) is 75.5 Å². The zero-order valence-electron chi connectivity index (χ0n) is 27.6. The Morgan fingerprint density at radius 1 is 0.905 bits per heavy atom. The zero-order chi connectivity index (χ0) is 30.4. The van der Waals surface area contributed by atoms with E-state index in [-0.39, 0.29) is 12.1 Å². The van der Waals surface area contributed by atoms with Crippen LogP contribution in [-0.4, -0.2) is 35.6 Å². The number of nitrogens with zero attached hydrogens (tertiary/aromatic N) is 1. The van der Waals surface area contributed by atoms with Crippen LogP contribution in [0.4, 0.5) is 0 Å². The highest BCUT2D eigenvalue weighted by molar-refractivity contribution is 5.30. The van der Waals surface area contributed by atoms with Crippen molar-refractivity contribution in [3.05, 3.63) is 49.1 Å². The number of fused-ring (bicyclic) bond motifs is 1. The Morgan fingerprint density at radius 3 is 2.12 bits per heavy atom. The summed E-state index contributed by atoms with van der Waals surface area (Å²) in [6.45, 7) is 28.6. The molecule has 1 aliphatic heterocycles. The Morgan fingerprint density at radius 2 is 1.52 bits per heavy atom. The lowest BCUT2D eigenvalue weighted by Gasteiger charge is -2.43. The summed E-state index contributed by atoms with van der Waals surface area (Å²) in [4.78, 5) is 2.61. The Bertz CT molecular complexity index is 1000. The smallest absolute Gasteiger partial charge is 0.0920 e. The Balaban J connectivity index is 1.50. The molecule has 0 radical (unpaired) electrons. The summed E-state index contributed by atoms with van der Waals surface area (Å²) >= 11 is 0. The number of allylic oxidation sites excluding steroid dienone is 1. The molecule has 0 amide bonds. The summed E-state index contributed by atoms with van der Waals surface area (Å²) < 4.78 is 0. The first-order valence-electron chi connectivity index (χ1n) is 17.2. The molecule has 234 valence electrons. The molecule has 4 fully saturated rings. The fourth-order valence-electron chi connectivity index (χ4n) is 8.69. The summed E-state index contributed by atoms with van der Waals surface area (Å²) in [6.07, 6.45) is 22.7. The van der Waals surface area contributed by atoms with Crippen LogP contribution < -0.4 is 16.0 Å². The number of hydrogen-bond donors (Lipinski definition) is 3. The second-order valence-corrected chi connectivity index (χ2v) is 15.0. The number of terminal acetylenes is 1. The van der Waals surface area contributed by atoms with Crippen LogP contribution in [0.5, 0.6) is 0 Å². The zero-order valence-corrected chi connectivity index (χ0v) is 27.6. The monoisotopic (exact) mass is 574 g/mol. The SMILES string of the molecule is C#CCCC(C)NC(=C)C1[C@@H]2[C@H](CN1C(=C)C(NC(=C)NC(CCC(=C)C)C1CCCCC1)C1CCCCC1)C2(C)C. The molecule has 4 heteroatoms. The average Bonchev–Trinajstić information content (AvgIpc) is 3.29. The maximum absolute atomic E-state index is 5.56. The normalized spacial score (nSPS) is 27.6. The van der Waals surface area contributed by atoms with Gasteiger partial charge in [0.2, 0.25) is 0 Å². The number of piperidine rings is 1. The first-order chi connectivity index (χ1) is 20.0. The Kier molecular flexibility index (Phi) is 11.2. The van der Waals surface area contributed by atoms with E-state index < -0.39 is 0 Å². The van der Waals surface area contributed by atoms with E-state index in [1.807, 2.05) is 0 Å². The molecule has 4 unspecified atom stereocenters. The minimum atomic E-state index is 0.188. The highest BCUT2D eigenvalue weighted by Crippen LogP contribution is 2.66. The van der Waals surface area contributed by atoms with E-state index in [0.717, 1.165) is 49.7 Å². The van der Waals surface area contributed by atoms with E-state index in [0.29, 0.717) is 35.3 Å². The lowest BCUT2D eigenvalue weighted by molar-refractivity contribution is 0.197. The van der Waals surface area contributed by atoms with Gasteiger partial charge in [0.25, 0.3) is 0 Å². The van der Waals surface area contributed by atoms with Crippen molar-refractivity contribution in [2.75, 3.05) is 6.54 Å². The lowest BCUT2D eigenvalue weighted by atomic mass is 9.81. The van der Waals surface area contributed by atoms with Gasteiger partial charge in [0.1, 0.15) is 0 Å². The number of rotatable bonds is 16. The molecule has 3 saturated carbocycles. The first-order valence-corrected chi connectivity index (χ1v) is 17.2. The van der Waals surface area contributed by atoms with E-state index in [9.17, 15) is 0 Å². The second-order valence-electron chi connectivity index (χ2n) is 15.0. The van der Waals surface area contributed by atoms with Crippen molar-refractivity contribution in [3.8, 4) is 12.3 Å². The topological polar surface area (TPSA) is 39.3 Å². The van der Waals surface area contributed by atoms with E-state index in [4.69, 9.17) is 13.0 Å². The molecular formula is C38H62N4. The van der Waals surface area contributed by atoms with Gasteiger partial charge in [-0.05, 0) is 87.9 Å². The third kappa shape index (κ3) is 7.81. The lowest BCUT2D eigenvalue weighted by Crippen LogP contribution is -2.51. The van der Waals surface area contributed by atoms with E-state index >= 15 is 0 Å². The molecule has 0 aromatic carbocycles. The van der Waals surface area contributed by atoms with Crippen molar-refractivity contribution < 1.29 is 0 Å². The summed E-state index contributed by atoms with van der Waals surface area (Å²) in [5, 5.41) is 11.6. The van der Waals surface area contributed by atoms with Crippen molar-refractivity contribution in [1.29, 1.82) is 0 Å². The van der Waals surface area contributed by atoms with Gasteiger partial charge in [0.15, 0.2) is 0 Å². The molecule has 4 aliphatic rings. The third-order valence-corrected chi connectivity index (χ3v) is 11.4. The minimum Gasteiger partial charge on any atom is -0.385 e. The van der Waals surface area contributed by atoms with Gasteiger partial charge >= 0.3 is 0 Å². The van der Waals surface area contributed by atoms with Gasteiger partial charge in [0, 0.05) is 36.4 Å². The molecule has 6 atom stereocenters. The molecule has 42 heavy (non-hydrogen) atoms. The number of hydrogen-bond acceptors (Lipinski definition) is 4. The van der Waals surface area contributed by atoms with Gasteiger partial charge in [-0.25, -0.2) is 0 Å². The molecule has 3 aliphatic carbocycles. The maximum atomic E-state index is 5.56.